The molecule has 0 aliphatic heterocycles. The van der Waals surface area contributed by atoms with E-state index in [9.17, 15) is 14.9 Å². The number of aromatic nitrogens is 1. The van der Waals surface area contributed by atoms with Gasteiger partial charge in [0.2, 0.25) is 0 Å². The van der Waals surface area contributed by atoms with E-state index in [1.54, 1.807) is 48.7 Å². The van der Waals surface area contributed by atoms with Gasteiger partial charge in [-0.25, -0.2) is 0 Å². The Morgan fingerprint density at radius 3 is 2.54 bits per heavy atom. The third-order valence-electron chi connectivity index (χ3n) is 3.53. The summed E-state index contributed by atoms with van der Waals surface area (Å²) in [5, 5.41) is 13.6. The fourth-order valence-corrected chi connectivity index (χ4v) is 3.18. The molecule has 0 radical (unpaired) electrons. The molecule has 0 unspecified atom stereocenters. The predicted octanol–water partition coefficient (Wildman–Crippen LogP) is 4.70. The van der Waals surface area contributed by atoms with Crippen LogP contribution in [0.3, 0.4) is 0 Å². The molecule has 26 heavy (non-hydrogen) atoms. The monoisotopic (exact) mass is 365 g/mol. The van der Waals surface area contributed by atoms with Crippen molar-refractivity contribution < 1.29 is 9.72 Å². The average Bonchev–Trinajstić information content (AvgIpc) is 2.62. The minimum atomic E-state index is -0.430. The number of non-ortho nitro benzene ring substituents is 1. The molecule has 0 atom stereocenters. The summed E-state index contributed by atoms with van der Waals surface area (Å²) in [6, 6.07) is 17.1. The zero-order valence-electron chi connectivity index (χ0n) is 13.9. The maximum Gasteiger partial charge on any atom is 0.269 e. The number of aryl methyl sites for hydroxylation is 1. The summed E-state index contributed by atoms with van der Waals surface area (Å²) >= 11 is 1.44. The van der Waals surface area contributed by atoms with Crippen molar-refractivity contribution in [1.29, 1.82) is 0 Å². The topological polar surface area (TPSA) is 85.1 Å². The number of nitrogens with zero attached hydrogens (tertiary/aromatic N) is 2. The van der Waals surface area contributed by atoms with Gasteiger partial charge in [0.05, 0.1) is 4.92 Å². The fraction of sp³-hybridized carbons (Fsp3) is 0.0526. The lowest BCUT2D eigenvalue weighted by Gasteiger charge is -2.07. The van der Waals surface area contributed by atoms with E-state index in [-0.39, 0.29) is 11.6 Å². The highest BCUT2D eigenvalue weighted by molar-refractivity contribution is 7.99. The lowest BCUT2D eigenvalue weighted by Crippen LogP contribution is -2.12. The number of hydrogen-bond donors (Lipinski definition) is 1. The average molecular weight is 365 g/mol. The standard InChI is InChI=1S/C19H15N3O3S/c1-13-11-15(9-10-20-13)21-19(23)14-3-2-4-18(12-14)26-17-7-5-16(6-8-17)22(24)25/h2-12H,1H3,(H,20,21,23). The first-order chi connectivity index (χ1) is 12.5. The molecular formula is C19H15N3O3S. The van der Waals surface area contributed by atoms with Crippen LogP contribution in [-0.2, 0) is 0 Å². The molecular weight excluding hydrogens is 350 g/mol. The van der Waals surface area contributed by atoms with E-state index < -0.39 is 4.92 Å². The van der Waals surface area contributed by atoms with Gasteiger partial charge in [0.25, 0.3) is 11.6 Å². The number of carbonyl (C=O) groups excluding carboxylic acids is 1. The zero-order chi connectivity index (χ0) is 18.5. The molecule has 0 aliphatic rings. The Morgan fingerprint density at radius 1 is 1.08 bits per heavy atom. The van der Waals surface area contributed by atoms with E-state index in [0.29, 0.717) is 11.3 Å². The third-order valence-corrected chi connectivity index (χ3v) is 4.53. The van der Waals surface area contributed by atoms with Gasteiger partial charge in [-0.15, -0.1) is 0 Å². The predicted molar refractivity (Wildman–Crippen MR) is 101 cm³/mol. The van der Waals surface area contributed by atoms with Gasteiger partial charge in [-0.3, -0.25) is 19.9 Å². The molecule has 7 heteroatoms. The van der Waals surface area contributed by atoms with Crippen LogP contribution in [0.25, 0.3) is 0 Å². The second-order valence-electron chi connectivity index (χ2n) is 5.52. The number of nitro benzene ring substituents is 1. The van der Waals surface area contributed by atoms with E-state index in [4.69, 9.17) is 0 Å². The molecule has 0 saturated carbocycles. The quantitative estimate of drug-likeness (QED) is 0.523. The van der Waals surface area contributed by atoms with Crippen molar-refractivity contribution >= 4 is 29.0 Å². The Kier molecular flexibility index (Phi) is 5.28. The van der Waals surface area contributed by atoms with Crippen LogP contribution in [0.4, 0.5) is 11.4 Å². The molecule has 1 aromatic heterocycles. The Bertz CT molecular complexity index is 958. The molecule has 0 saturated heterocycles. The number of benzene rings is 2. The second-order valence-corrected chi connectivity index (χ2v) is 6.67. The van der Waals surface area contributed by atoms with Gasteiger partial charge >= 0.3 is 0 Å². The number of rotatable bonds is 5. The highest BCUT2D eigenvalue weighted by Gasteiger charge is 2.09. The maximum atomic E-state index is 12.4. The van der Waals surface area contributed by atoms with E-state index >= 15 is 0 Å². The molecule has 2 aromatic carbocycles. The van der Waals surface area contributed by atoms with Crippen LogP contribution in [0.15, 0.2) is 76.7 Å². The highest BCUT2D eigenvalue weighted by atomic mass is 32.2. The summed E-state index contributed by atoms with van der Waals surface area (Å²) in [7, 11) is 0. The van der Waals surface area contributed by atoms with Crippen molar-refractivity contribution in [1.82, 2.24) is 4.98 Å². The Labute approximate surface area is 154 Å². The van der Waals surface area contributed by atoms with Crippen LogP contribution in [0.1, 0.15) is 16.1 Å². The normalized spacial score (nSPS) is 10.3. The molecule has 0 spiro atoms. The molecule has 1 N–H and O–H groups in total. The van der Waals surface area contributed by atoms with Gasteiger partial charge in [-0.2, -0.15) is 0 Å². The molecule has 3 aromatic rings. The van der Waals surface area contributed by atoms with Crippen molar-refractivity contribution in [3.63, 3.8) is 0 Å². The largest absolute Gasteiger partial charge is 0.322 e. The van der Waals surface area contributed by atoms with Gasteiger partial charge in [-0.05, 0) is 49.4 Å². The third kappa shape index (κ3) is 4.46. The Morgan fingerprint density at radius 2 is 1.85 bits per heavy atom. The molecule has 0 bridgehead atoms. The summed E-state index contributed by atoms with van der Waals surface area (Å²) < 4.78 is 0. The number of anilines is 1. The van der Waals surface area contributed by atoms with Crippen LogP contribution < -0.4 is 5.32 Å². The van der Waals surface area contributed by atoms with Gasteiger partial charge in [0.15, 0.2) is 0 Å². The van der Waals surface area contributed by atoms with Gasteiger partial charge in [-0.1, -0.05) is 17.8 Å². The number of amides is 1. The molecule has 130 valence electrons. The zero-order valence-corrected chi connectivity index (χ0v) is 14.7. The molecule has 0 fully saturated rings. The lowest BCUT2D eigenvalue weighted by atomic mass is 10.2. The van der Waals surface area contributed by atoms with Gasteiger partial charge in [0.1, 0.15) is 0 Å². The van der Waals surface area contributed by atoms with E-state index in [1.807, 2.05) is 13.0 Å². The first-order valence-electron chi connectivity index (χ1n) is 7.78. The van der Waals surface area contributed by atoms with Crippen LogP contribution in [0.5, 0.6) is 0 Å². The molecule has 1 amide bonds. The number of hydrogen-bond acceptors (Lipinski definition) is 5. The summed E-state index contributed by atoms with van der Waals surface area (Å²) in [5.74, 6) is -0.207. The van der Waals surface area contributed by atoms with Gasteiger partial charge in [0, 0.05) is 45.1 Å². The van der Waals surface area contributed by atoms with E-state index in [0.717, 1.165) is 15.5 Å². The van der Waals surface area contributed by atoms with E-state index in [1.165, 1.54) is 23.9 Å². The first-order valence-corrected chi connectivity index (χ1v) is 8.59. The van der Waals surface area contributed by atoms with Crippen molar-refractivity contribution in [2.75, 3.05) is 5.32 Å². The van der Waals surface area contributed by atoms with Gasteiger partial charge < -0.3 is 5.32 Å². The molecule has 0 aliphatic carbocycles. The summed E-state index contributed by atoms with van der Waals surface area (Å²) in [6.45, 7) is 1.86. The SMILES string of the molecule is Cc1cc(NC(=O)c2cccc(Sc3ccc([N+](=O)[O-])cc3)c2)ccn1. The summed E-state index contributed by atoms with van der Waals surface area (Å²) in [6.07, 6.45) is 1.64. The summed E-state index contributed by atoms with van der Waals surface area (Å²) in [5.41, 5.74) is 2.10. The number of nitrogens with one attached hydrogen (secondary N) is 1. The molecule has 3 rings (SSSR count). The van der Waals surface area contributed by atoms with Crippen molar-refractivity contribution in [2.24, 2.45) is 0 Å². The van der Waals surface area contributed by atoms with Crippen molar-refractivity contribution in [3.8, 4) is 0 Å². The molecule has 6 nitrogen and oxygen atoms in total. The number of pyridine rings is 1. The first kappa shape index (κ1) is 17.6. The molecule has 1 heterocycles. The van der Waals surface area contributed by atoms with Crippen LogP contribution in [-0.4, -0.2) is 15.8 Å². The van der Waals surface area contributed by atoms with Crippen molar-refractivity contribution in [3.05, 3.63) is 88.2 Å². The minimum Gasteiger partial charge on any atom is -0.322 e. The number of carbonyl (C=O) groups is 1. The van der Waals surface area contributed by atoms with E-state index in [2.05, 4.69) is 10.3 Å². The van der Waals surface area contributed by atoms with Crippen LogP contribution in [0.2, 0.25) is 0 Å². The second kappa shape index (κ2) is 7.79. The Balaban J connectivity index is 1.73. The Hall–Kier alpha value is -3.19. The van der Waals surface area contributed by atoms with Crippen molar-refractivity contribution in [2.45, 2.75) is 16.7 Å². The summed E-state index contributed by atoms with van der Waals surface area (Å²) in [4.78, 5) is 28.5. The maximum absolute atomic E-state index is 12.4. The smallest absolute Gasteiger partial charge is 0.269 e. The van der Waals surface area contributed by atoms with Crippen LogP contribution in [0, 0.1) is 17.0 Å². The number of nitro groups is 1. The minimum absolute atomic E-state index is 0.0510. The van der Waals surface area contributed by atoms with Crippen LogP contribution >= 0.6 is 11.8 Å². The lowest BCUT2D eigenvalue weighted by molar-refractivity contribution is -0.384. The highest BCUT2D eigenvalue weighted by Crippen LogP contribution is 2.29. The fourth-order valence-electron chi connectivity index (χ4n) is 2.30.